The van der Waals surface area contributed by atoms with Gasteiger partial charge in [0.15, 0.2) is 0 Å². The standard InChI is InChI=1S/C11H11N3O2/c1-2-16-11(15)7-8-14-10-6-4-3-5-9(10)12-13-14/h3-8H,2H2,1H3/b8-7-. The molecule has 0 unspecified atom stereocenters. The summed E-state index contributed by atoms with van der Waals surface area (Å²) in [4.78, 5) is 11.1. The molecule has 0 aliphatic rings. The molecular weight excluding hydrogens is 206 g/mol. The fourth-order valence-corrected chi connectivity index (χ4v) is 1.32. The van der Waals surface area contributed by atoms with Gasteiger partial charge >= 0.3 is 5.97 Å². The topological polar surface area (TPSA) is 57.0 Å². The zero-order valence-corrected chi connectivity index (χ0v) is 8.83. The zero-order valence-electron chi connectivity index (χ0n) is 8.83. The predicted molar refractivity (Wildman–Crippen MR) is 59.5 cm³/mol. The molecule has 0 fully saturated rings. The molecule has 82 valence electrons. The number of rotatable bonds is 3. The Bertz CT molecular complexity index is 531. The highest BCUT2D eigenvalue weighted by atomic mass is 16.5. The van der Waals surface area contributed by atoms with Crippen LogP contribution < -0.4 is 0 Å². The quantitative estimate of drug-likeness (QED) is 0.577. The summed E-state index contributed by atoms with van der Waals surface area (Å²) in [5.74, 6) is -0.387. The van der Waals surface area contributed by atoms with Gasteiger partial charge in [0.05, 0.1) is 12.1 Å². The number of fused-ring (bicyclic) bond motifs is 1. The van der Waals surface area contributed by atoms with Crippen LogP contribution in [0.2, 0.25) is 0 Å². The minimum atomic E-state index is -0.387. The molecule has 0 radical (unpaired) electrons. The molecule has 16 heavy (non-hydrogen) atoms. The number of nitrogens with zero attached hydrogens (tertiary/aromatic N) is 3. The maximum atomic E-state index is 11.1. The first-order chi connectivity index (χ1) is 7.81. The number of benzene rings is 1. The molecule has 0 aliphatic carbocycles. The highest BCUT2D eigenvalue weighted by Gasteiger charge is 2.00. The van der Waals surface area contributed by atoms with Crippen molar-refractivity contribution in [1.29, 1.82) is 0 Å². The Kier molecular flexibility index (Phi) is 2.95. The molecule has 0 aliphatic heterocycles. The Morgan fingerprint density at radius 1 is 1.50 bits per heavy atom. The van der Waals surface area contributed by atoms with Gasteiger partial charge in [0.25, 0.3) is 0 Å². The molecular formula is C11H11N3O2. The Hall–Kier alpha value is -2.17. The van der Waals surface area contributed by atoms with E-state index in [9.17, 15) is 4.79 Å². The van der Waals surface area contributed by atoms with Gasteiger partial charge in [-0.3, -0.25) is 0 Å². The van der Waals surface area contributed by atoms with Crippen molar-refractivity contribution in [2.75, 3.05) is 6.61 Å². The van der Waals surface area contributed by atoms with E-state index in [0.717, 1.165) is 11.0 Å². The van der Waals surface area contributed by atoms with Crippen LogP contribution in [-0.4, -0.2) is 27.6 Å². The van der Waals surface area contributed by atoms with E-state index in [1.807, 2.05) is 24.3 Å². The van der Waals surface area contributed by atoms with Gasteiger partial charge < -0.3 is 4.74 Å². The molecule has 1 aromatic heterocycles. The Morgan fingerprint density at radius 3 is 3.12 bits per heavy atom. The number of hydrogen-bond acceptors (Lipinski definition) is 4. The molecule has 0 amide bonds. The van der Waals surface area contributed by atoms with Crippen molar-refractivity contribution in [2.45, 2.75) is 6.92 Å². The molecule has 5 nitrogen and oxygen atoms in total. The summed E-state index contributed by atoms with van der Waals surface area (Å²) >= 11 is 0. The van der Waals surface area contributed by atoms with E-state index >= 15 is 0 Å². The summed E-state index contributed by atoms with van der Waals surface area (Å²) in [7, 11) is 0. The molecule has 5 heteroatoms. The number of carbonyl (C=O) groups excluding carboxylic acids is 1. The third-order valence-electron chi connectivity index (χ3n) is 2.02. The number of carbonyl (C=O) groups is 1. The number of aromatic nitrogens is 3. The molecule has 0 saturated carbocycles. The van der Waals surface area contributed by atoms with E-state index in [1.54, 1.807) is 6.92 Å². The zero-order chi connectivity index (χ0) is 11.4. The van der Waals surface area contributed by atoms with Gasteiger partial charge in [0.1, 0.15) is 5.52 Å². The molecule has 0 spiro atoms. The minimum Gasteiger partial charge on any atom is -0.463 e. The van der Waals surface area contributed by atoms with E-state index in [1.165, 1.54) is 17.0 Å². The van der Waals surface area contributed by atoms with Crippen molar-refractivity contribution < 1.29 is 9.53 Å². The first-order valence-electron chi connectivity index (χ1n) is 4.96. The SMILES string of the molecule is CCOC(=O)/C=C\n1nnc2ccccc21. The predicted octanol–water partition coefficient (Wildman–Crippen LogP) is 1.47. The van der Waals surface area contributed by atoms with Gasteiger partial charge in [0, 0.05) is 12.3 Å². The minimum absolute atomic E-state index is 0.362. The van der Waals surface area contributed by atoms with Crippen molar-refractivity contribution in [3.63, 3.8) is 0 Å². The van der Waals surface area contributed by atoms with Gasteiger partial charge in [-0.15, -0.1) is 5.10 Å². The molecule has 1 heterocycles. The van der Waals surface area contributed by atoms with E-state index in [2.05, 4.69) is 10.3 Å². The summed E-state index contributed by atoms with van der Waals surface area (Å²) in [5, 5.41) is 7.85. The van der Waals surface area contributed by atoms with Crippen molar-refractivity contribution in [1.82, 2.24) is 15.0 Å². The van der Waals surface area contributed by atoms with E-state index in [0.29, 0.717) is 6.61 Å². The van der Waals surface area contributed by atoms with E-state index in [-0.39, 0.29) is 5.97 Å². The lowest BCUT2D eigenvalue weighted by Gasteiger charge is -1.95. The lowest BCUT2D eigenvalue weighted by atomic mass is 10.3. The second kappa shape index (κ2) is 4.57. The lowest BCUT2D eigenvalue weighted by molar-refractivity contribution is -0.137. The lowest BCUT2D eigenvalue weighted by Crippen LogP contribution is -2.00. The summed E-state index contributed by atoms with van der Waals surface area (Å²) in [5.41, 5.74) is 1.64. The Balaban J connectivity index is 2.24. The summed E-state index contributed by atoms with van der Waals surface area (Å²) in [6, 6.07) is 7.51. The first-order valence-corrected chi connectivity index (χ1v) is 4.96. The van der Waals surface area contributed by atoms with Crippen molar-refractivity contribution in [3.05, 3.63) is 30.3 Å². The van der Waals surface area contributed by atoms with E-state index in [4.69, 9.17) is 4.74 Å². The van der Waals surface area contributed by atoms with Gasteiger partial charge in [-0.25, -0.2) is 9.48 Å². The van der Waals surface area contributed by atoms with Crippen LogP contribution in [0, 0.1) is 0 Å². The molecule has 0 bridgehead atoms. The van der Waals surface area contributed by atoms with Crippen LogP contribution in [0.1, 0.15) is 6.92 Å². The maximum absolute atomic E-state index is 11.1. The van der Waals surface area contributed by atoms with E-state index < -0.39 is 0 Å². The summed E-state index contributed by atoms with van der Waals surface area (Å²) < 4.78 is 6.30. The number of ether oxygens (including phenoxy) is 1. The smallest absolute Gasteiger partial charge is 0.332 e. The first kappa shape index (κ1) is 10.4. The molecule has 1 aromatic carbocycles. The Labute approximate surface area is 92.3 Å². The second-order valence-corrected chi connectivity index (χ2v) is 3.09. The van der Waals surface area contributed by atoms with Crippen molar-refractivity contribution >= 4 is 23.2 Å². The fourth-order valence-electron chi connectivity index (χ4n) is 1.32. The van der Waals surface area contributed by atoms with Crippen LogP contribution >= 0.6 is 0 Å². The molecule has 2 aromatic rings. The normalized spacial score (nSPS) is 11.1. The van der Waals surface area contributed by atoms with Crippen LogP contribution in [0.25, 0.3) is 17.2 Å². The monoisotopic (exact) mass is 217 g/mol. The highest BCUT2D eigenvalue weighted by Crippen LogP contribution is 2.09. The highest BCUT2D eigenvalue weighted by molar-refractivity contribution is 5.86. The van der Waals surface area contributed by atoms with Gasteiger partial charge in [-0.1, -0.05) is 17.3 Å². The molecule has 0 N–H and O–H groups in total. The fraction of sp³-hybridized carbons (Fsp3) is 0.182. The summed E-state index contributed by atoms with van der Waals surface area (Å²) in [6.07, 6.45) is 2.86. The van der Waals surface area contributed by atoms with Crippen LogP contribution in [-0.2, 0) is 9.53 Å². The molecule has 0 atom stereocenters. The van der Waals surface area contributed by atoms with Crippen molar-refractivity contribution in [3.8, 4) is 0 Å². The van der Waals surface area contributed by atoms with Gasteiger partial charge in [-0.2, -0.15) is 0 Å². The van der Waals surface area contributed by atoms with Crippen LogP contribution in [0.5, 0.6) is 0 Å². The number of para-hydroxylation sites is 1. The third-order valence-corrected chi connectivity index (χ3v) is 2.02. The molecule has 2 rings (SSSR count). The van der Waals surface area contributed by atoms with Crippen molar-refractivity contribution in [2.24, 2.45) is 0 Å². The second-order valence-electron chi connectivity index (χ2n) is 3.09. The van der Waals surface area contributed by atoms with Gasteiger partial charge in [0.2, 0.25) is 0 Å². The number of esters is 1. The number of hydrogen-bond donors (Lipinski definition) is 0. The summed E-state index contributed by atoms with van der Waals surface area (Å²) in [6.45, 7) is 2.12. The van der Waals surface area contributed by atoms with Crippen LogP contribution in [0.15, 0.2) is 30.3 Å². The maximum Gasteiger partial charge on any atom is 0.332 e. The average molecular weight is 217 g/mol. The average Bonchev–Trinajstić information content (AvgIpc) is 2.70. The Morgan fingerprint density at radius 2 is 2.31 bits per heavy atom. The largest absolute Gasteiger partial charge is 0.463 e. The third kappa shape index (κ3) is 2.08. The molecule has 0 saturated heterocycles. The van der Waals surface area contributed by atoms with Crippen LogP contribution in [0.3, 0.4) is 0 Å². The van der Waals surface area contributed by atoms with Gasteiger partial charge in [-0.05, 0) is 19.1 Å². The van der Waals surface area contributed by atoms with Crippen LogP contribution in [0.4, 0.5) is 0 Å².